The van der Waals surface area contributed by atoms with Gasteiger partial charge in [0, 0.05) is 12.1 Å². The Hall–Kier alpha value is -2.57. The van der Waals surface area contributed by atoms with Crippen LogP contribution in [0.3, 0.4) is 0 Å². The molecule has 3 nitrogen and oxygen atoms in total. The van der Waals surface area contributed by atoms with Gasteiger partial charge >= 0.3 is 0 Å². The average Bonchev–Trinajstić information content (AvgIpc) is 2.52. The van der Waals surface area contributed by atoms with E-state index in [1.165, 1.54) is 0 Å². The van der Waals surface area contributed by atoms with E-state index in [0.717, 1.165) is 16.7 Å². The number of nitrogens with two attached hydrogens (primary N) is 1. The maximum Gasteiger partial charge on any atom is 0.224 e. The van der Waals surface area contributed by atoms with E-state index in [-0.39, 0.29) is 5.91 Å². The zero-order chi connectivity index (χ0) is 14.9. The molecule has 3 heteroatoms. The van der Waals surface area contributed by atoms with Gasteiger partial charge in [-0.05, 0) is 23.3 Å². The van der Waals surface area contributed by atoms with Crippen molar-refractivity contribution in [3.63, 3.8) is 0 Å². The smallest absolute Gasteiger partial charge is 0.224 e. The van der Waals surface area contributed by atoms with E-state index in [2.05, 4.69) is 17.2 Å². The van der Waals surface area contributed by atoms with Crippen LogP contribution < -0.4 is 11.1 Å². The lowest BCUT2D eigenvalue weighted by Crippen LogP contribution is -2.24. The van der Waals surface area contributed by atoms with E-state index in [9.17, 15) is 4.79 Å². The molecule has 2 aromatic rings. The summed E-state index contributed by atoms with van der Waals surface area (Å²) in [6.45, 7) is 0.849. The third-order valence-corrected chi connectivity index (χ3v) is 2.96. The van der Waals surface area contributed by atoms with Gasteiger partial charge in [-0.2, -0.15) is 0 Å². The Kier molecular flexibility index (Phi) is 5.57. The van der Waals surface area contributed by atoms with Crippen LogP contribution in [0, 0.1) is 11.8 Å². The molecule has 0 bridgehead atoms. The molecule has 0 radical (unpaired) electrons. The zero-order valence-corrected chi connectivity index (χ0v) is 11.8. The highest BCUT2D eigenvalue weighted by atomic mass is 16.1. The fraction of sp³-hybridized carbons (Fsp3) is 0.167. The number of rotatable bonds is 4. The summed E-state index contributed by atoms with van der Waals surface area (Å²) in [4.78, 5) is 11.9. The number of nitrogens with one attached hydrogen (secondary N) is 1. The number of benzene rings is 2. The molecule has 0 aromatic heterocycles. The lowest BCUT2D eigenvalue weighted by Gasteiger charge is -2.06. The van der Waals surface area contributed by atoms with E-state index in [1.54, 1.807) is 0 Å². The first-order valence-electron chi connectivity index (χ1n) is 6.86. The lowest BCUT2D eigenvalue weighted by atomic mass is 10.1. The standard InChI is InChI=1S/C18H18N2O/c19-11-5-10-15-8-4-9-17(12-15)14-20-18(21)13-16-6-2-1-3-7-16/h1-4,6-9,12H,11,13-14,19H2,(H,20,21). The van der Waals surface area contributed by atoms with E-state index in [0.29, 0.717) is 19.5 Å². The number of carbonyl (C=O) groups excluding carboxylic acids is 1. The first-order chi connectivity index (χ1) is 10.3. The first kappa shape index (κ1) is 14.8. The summed E-state index contributed by atoms with van der Waals surface area (Å²) in [6.07, 6.45) is 0.396. The van der Waals surface area contributed by atoms with Gasteiger partial charge < -0.3 is 11.1 Å². The number of amides is 1. The van der Waals surface area contributed by atoms with Gasteiger partial charge in [-0.1, -0.05) is 54.3 Å². The molecule has 0 fully saturated rings. The van der Waals surface area contributed by atoms with Crippen molar-refractivity contribution in [1.82, 2.24) is 5.32 Å². The van der Waals surface area contributed by atoms with Crippen molar-refractivity contribution < 1.29 is 4.79 Å². The summed E-state index contributed by atoms with van der Waals surface area (Å²) in [5.41, 5.74) is 8.31. The van der Waals surface area contributed by atoms with Crippen LogP contribution in [-0.2, 0) is 17.8 Å². The van der Waals surface area contributed by atoms with Crippen LogP contribution in [0.5, 0.6) is 0 Å². The van der Waals surface area contributed by atoms with E-state index in [4.69, 9.17) is 5.73 Å². The number of hydrogen-bond acceptors (Lipinski definition) is 2. The molecule has 2 rings (SSSR count). The fourth-order valence-corrected chi connectivity index (χ4v) is 1.96. The molecule has 21 heavy (non-hydrogen) atoms. The van der Waals surface area contributed by atoms with Crippen molar-refractivity contribution in [3.05, 3.63) is 71.3 Å². The average molecular weight is 278 g/mol. The van der Waals surface area contributed by atoms with Gasteiger partial charge in [-0.3, -0.25) is 4.79 Å². The van der Waals surface area contributed by atoms with Crippen molar-refractivity contribution in [2.75, 3.05) is 6.54 Å². The molecule has 106 valence electrons. The number of carbonyl (C=O) groups is 1. The van der Waals surface area contributed by atoms with Gasteiger partial charge in [-0.15, -0.1) is 0 Å². The van der Waals surface area contributed by atoms with Gasteiger partial charge in [0.25, 0.3) is 0 Å². The number of hydrogen-bond donors (Lipinski definition) is 2. The molecule has 0 aliphatic rings. The highest BCUT2D eigenvalue weighted by Gasteiger charge is 2.03. The van der Waals surface area contributed by atoms with Gasteiger partial charge in [0.05, 0.1) is 13.0 Å². The SMILES string of the molecule is NCC#Cc1cccc(CNC(=O)Cc2ccccc2)c1. The molecule has 0 aliphatic carbocycles. The monoisotopic (exact) mass is 278 g/mol. The molecule has 0 saturated heterocycles. The summed E-state index contributed by atoms with van der Waals surface area (Å²) >= 11 is 0. The van der Waals surface area contributed by atoms with Crippen LogP contribution in [0.25, 0.3) is 0 Å². The molecule has 0 unspecified atom stereocenters. The lowest BCUT2D eigenvalue weighted by molar-refractivity contribution is -0.120. The Morgan fingerprint density at radius 2 is 1.81 bits per heavy atom. The molecule has 0 aliphatic heterocycles. The van der Waals surface area contributed by atoms with Crippen molar-refractivity contribution in [2.45, 2.75) is 13.0 Å². The minimum absolute atomic E-state index is 0.0136. The van der Waals surface area contributed by atoms with Crippen molar-refractivity contribution >= 4 is 5.91 Å². The predicted octanol–water partition coefficient (Wildman–Crippen LogP) is 1.86. The topological polar surface area (TPSA) is 55.1 Å². The van der Waals surface area contributed by atoms with Crippen LogP contribution >= 0.6 is 0 Å². The molecule has 0 spiro atoms. The van der Waals surface area contributed by atoms with Gasteiger partial charge in [0.1, 0.15) is 0 Å². The molecule has 3 N–H and O–H groups in total. The molecular weight excluding hydrogens is 260 g/mol. The van der Waals surface area contributed by atoms with Crippen molar-refractivity contribution in [2.24, 2.45) is 5.73 Å². The van der Waals surface area contributed by atoms with Crippen LogP contribution in [0.15, 0.2) is 54.6 Å². The zero-order valence-electron chi connectivity index (χ0n) is 11.8. The van der Waals surface area contributed by atoms with Crippen LogP contribution in [0.4, 0.5) is 0 Å². The quantitative estimate of drug-likeness (QED) is 0.839. The van der Waals surface area contributed by atoms with Crippen molar-refractivity contribution in [3.8, 4) is 11.8 Å². The van der Waals surface area contributed by atoms with Crippen LogP contribution in [0.1, 0.15) is 16.7 Å². The second-order valence-electron chi connectivity index (χ2n) is 4.65. The summed E-state index contributed by atoms with van der Waals surface area (Å²) in [5, 5.41) is 2.92. The third kappa shape index (κ3) is 5.13. The van der Waals surface area contributed by atoms with Gasteiger partial charge in [0.2, 0.25) is 5.91 Å². The molecule has 2 aromatic carbocycles. The highest BCUT2D eigenvalue weighted by molar-refractivity contribution is 5.78. The van der Waals surface area contributed by atoms with E-state index >= 15 is 0 Å². The highest BCUT2D eigenvalue weighted by Crippen LogP contribution is 2.04. The second kappa shape index (κ2) is 7.88. The minimum Gasteiger partial charge on any atom is -0.352 e. The Balaban J connectivity index is 1.89. The summed E-state index contributed by atoms with van der Waals surface area (Å²) < 4.78 is 0. The largest absolute Gasteiger partial charge is 0.352 e. The second-order valence-corrected chi connectivity index (χ2v) is 4.65. The Morgan fingerprint density at radius 3 is 2.57 bits per heavy atom. The predicted molar refractivity (Wildman–Crippen MR) is 84.4 cm³/mol. The van der Waals surface area contributed by atoms with Gasteiger partial charge in [-0.25, -0.2) is 0 Å². The summed E-state index contributed by atoms with van der Waals surface area (Å²) in [6, 6.07) is 17.5. The summed E-state index contributed by atoms with van der Waals surface area (Å²) in [5.74, 6) is 5.82. The molecular formula is C18H18N2O. The minimum atomic E-state index is 0.0136. The normalized spacial score (nSPS) is 9.57. The van der Waals surface area contributed by atoms with E-state index < -0.39 is 0 Å². The molecule has 0 saturated carbocycles. The molecule has 0 atom stereocenters. The fourth-order valence-electron chi connectivity index (χ4n) is 1.96. The maximum atomic E-state index is 11.9. The first-order valence-corrected chi connectivity index (χ1v) is 6.86. The van der Waals surface area contributed by atoms with Gasteiger partial charge in [0.15, 0.2) is 0 Å². The summed E-state index contributed by atoms with van der Waals surface area (Å²) in [7, 11) is 0. The molecule has 1 amide bonds. The van der Waals surface area contributed by atoms with Crippen molar-refractivity contribution in [1.29, 1.82) is 0 Å². The maximum absolute atomic E-state index is 11.9. The molecule has 0 heterocycles. The van der Waals surface area contributed by atoms with Crippen LogP contribution in [-0.4, -0.2) is 12.5 Å². The Labute approximate surface area is 125 Å². The third-order valence-electron chi connectivity index (χ3n) is 2.96. The van der Waals surface area contributed by atoms with Crippen LogP contribution in [0.2, 0.25) is 0 Å². The Morgan fingerprint density at radius 1 is 1.05 bits per heavy atom. The van der Waals surface area contributed by atoms with E-state index in [1.807, 2.05) is 54.6 Å². The Bertz CT molecular complexity index is 654.